The third-order valence-electron chi connectivity index (χ3n) is 2.49. The number of aryl methyl sites for hydroxylation is 1. The molecule has 0 saturated heterocycles. The van der Waals surface area contributed by atoms with Crippen molar-refractivity contribution in [1.82, 2.24) is 0 Å². The summed E-state index contributed by atoms with van der Waals surface area (Å²) in [5.41, 5.74) is 8.15. The summed E-state index contributed by atoms with van der Waals surface area (Å²) in [6.45, 7) is 2.08. The highest BCUT2D eigenvalue weighted by atomic mass is 79.9. The van der Waals surface area contributed by atoms with Crippen LogP contribution in [0.15, 0.2) is 22.7 Å². The quantitative estimate of drug-likeness (QED) is 0.874. The Morgan fingerprint density at radius 1 is 1.50 bits per heavy atom. The van der Waals surface area contributed by atoms with Crippen molar-refractivity contribution in [3.05, 3.63) is 33.8 Å². The van der Waals surface area contributed by atoms with Gasteiger partial charge in [-0.2, -0.15) is 0 Å². The summed E-state index contributed by atoms with van der Waals surface area (Å²) >= 11 is 3.43. The van der Waals surface area contributed by atoms with Crippen LogP contribution in [0.25, 0.3) is 0 Å². The molecule has 0 fully saturated rings. The highest BCUT2D eigenvalue weighted by molar-refractivity contribution is 9.10. The molecule has 1 unspecified atom stereocenters. The van der Waals surface area contributed by atoms with Crippen LogP contribution in [-0.2, 0) is 11.2 Å². The largest absolute Gasteiger partial charge is 0.481 e. The molecule has 0 saturated carbocycles. The number of rotatable bonds is 5. The van der Waals surface area contributed by atoms with Gasteiger partial charge in [-0.3, -0.25) is 4.79 Å². The molecule has 1 aromatic rings. The molecular weight excluding hydrogens is 270 g/mol. The minimum atomic E-state index is -0.804. The molecule has 3 N–H and O–H groups in total. The zero-order chi connectivity index (χ0) is 12.1. The van der Waals surface area contributed by atoms with Crippen molar-refractivity contribution in [1.29, 1.82) is 0 Å². The Hall–Kier alpha value is -0.870. The highest BCUT2D eigenvalue weighted by Crippen LogP contribution is 2.22. The van der Waals surface area contributed by atoms with Gasteiger partial charge in [0, 0.05) is 16.9 Å². The van der Waals surface area contributed by atoms with E-state index >= 15 is 0 Å². The molecule has 16 heavy (non-hydrogen) atoms. The Labute approximate surface area is 104 Å². The van der Waals surface area contributed by atoms with Gasteiger partial charge in [0.15, 0.2) is 0 Å². The van der Waals surface area contributed by atoms with Crippen molar-refractivity contribution in [3.8, 4) is 0 Å². The summed E-state index contributed by atoms with van der Waals surface area (Å²) in [5.74, 6) is -0.804. The normalized spacial score (nSPS) is 12.4. The molecule has 88 valence electrons. The number of nitrogens with two attached hydrogens (primary N) is 1. The summed E-state index contributed by atoms with van der Waals surface area (Å²) in [6.07, 6.45) is 1.52. The van der Waals surface area contributed by atoms with Crippen molar-refractivity contribution in [2.75, 3.05) is 0 Å². The third-order valence-corrected chi connectivity index (χ3v) is 2.94. The number of benzene rings is 1. The lowest BCUT2D eigenvalue weighted by Gasteiger charge is -2.12. The minimum absolute atomic E-state index is 0.106. The summed E-state index contributed by atoms with van der Waals surface area (Å²) < 4.78 is 0.993. The maximum Gasteiger partial charge on any atom is 0.303 e. The van der Waals surface area contributed by atoms with Gasteiger partial charge < -0.3 is 10.8 Å². The Kier molecular flexibility index (Phi) is 4.96. The maximum atomic E-state index is 10.5. The first kappa shape index (κ1) is 13.2. The van der Waals surface area contributed by atoms with E-state index in [1.165, 1.54) is 5.56 Å². The molecule has 0 heterocycles. The fourth-order valence-electron chi connectivity index (χ4n) is 1.54. The van der Waals surface area contributed by atoms with Crippen LogP contribution < -0.4 is 5.73 Å². The first-order valence-corrected chi connectivity index (χ1v) is 6.09. The second kappa shape index (κ2) is 6.01. The van der Waals surface area contributed by atoms with Crippen molar-refractivity contribution in [2.45, 2.75) is 32.2 Å². The predicted molar refractivity (Wildman–Crippen MR) is 67.3 cm³/mol. The number of carboxylic acid groups (broad SMARTS) is 1. The molecule has 0 aromatic heterocycles. The summed E-state index contributed by atoms with van der Waals surface area (Å²) in [5, 5.41) is 8.60. The average Bonchev–Trinajstić information content (AvgIpc) is 2.24. The molecule has 0 aliphatic heterocycles. The SMILES string of the molecule is CCc1cc(Br)cc(C(N)CCC(=O)O)c1. The summed E-state index contributed by atoms with van der Waals surface area (Å²) in [7, 11) is 0. The van der Waals surface area contributed by atoms with Gasteiger partial charge in [-0.1, -0.05) is 28.9 Å². The van der Waals surface area contributed by atoms with Crippen LogP contribution >= 0.6 is 15.9 Å². The van der Waals surface area contributed by atoms with Crippen LogP contribution in [0.5, 0.6) is 0 Å². The first-order valence-electron chi connectivity index (χ1n) is 5.29. The van der Waals surface area contributed by atoms with Crippen LogP contribution in [0.1, 0.15) is 36.9 Å². The highest BCUT2D eigenvalue weighted by Gasteiger charge is 2.09. The van der Waals surface area contributed by atoms with E-state index < -0.39 is 5.97 Å². The second-order valence-electron chi connectivity index (χ2n) is 3.79. The first-order chi connectivity index (χ1) is 7.52. The van der Waals surface area contributed by atoms with E-state index in [1.54, 1.807) is 0 Å². The van der Waals surface area contributed by atoms with Gasteiger partial charge in [-0.05, 0) is 36.1 Å². The maximum absolute atomic E-state index is 10.5. The van der Waals surface area contributed by atoms with E-state index in [2.05, 4.69) is 22.9 Å². The third kappa shape index (κ3) is 3.94. The van der Waals surface area contributed by atoms with Crippen molar-refractivity contribution in [3.63, 3.8) is 0 Å². The number of carboxylic acids is 1. The standard InChI is InChI=1S/C12H16BrNO2/c1-2-8-5-9(7-10(13)6-8)11(14)3-4-12(15)16/h5-7,11H,2-4,14H2,1H3,(H,15,16). The topological polar surface area (TPSA) is 63.3 Å². The lowest BCUT2D eigenvalue weighted by molar-refractivity contribution is -0.137. The molecule has 3 nitrogen and oxygen atoms in total. The molecule has 0 spiro atoms. The molecule has 0 radical (unpaired) electrons. The summed E-state index contributed by atoms with van der Waals surface area (Å²) in [6, 6.07) is 5.83. The van der Waals surface area contributed by atoms with Gasteiger partial charge in [-0.15, -0.1) is 0 Å². The van der Waals surface area contributed by atoms with Crippen LogP contribution in [0, 0.1) is 0 Å². The molecule has 0 amide bonds. The lowest BCUT2D eigenvalue weighted by atomic mass is 10.00. The number of halogens is 1. The Balaban J connectivity index is 2.77. The Morgan fingerprint density at radius 2 is 2.19 bits per heavy atom. The van der Waals surface area contributed by atoms with Gasteiger partial charge in [-0.25, -0.2) is 0 Å². The monoisotopic (exact) mass is 285 g/mol. The average molecular weight is 286 g/mol. The van der Waals surface area contributed by atoms with Crippen LogP contribution in [0.2, 0.25) is 0 Å². The Morgan fingerprint density at radius 3 is 2.75 bits per heavy atom. The number of carbonyl (C=O) groups is 1. The van der Waals surface area contributed by atoms with E-state index in [0.29, 0.717) is 6.42 Å². The molecule has 1 aromatic carbocycles. The number of hydrogen-bond donors (Lipinski definition) is 2. The zero-order valence-electron chi connectivity index (χ0n) is 9.24. The van der Waals surface area contributed by atoms with E-state index in [-0.39, 0.29) is 12.5 Å². The zero-order valence-corrected chi connectivity index (χ0v) is 10.8. The van der Waals surface area contributed by atoms with Gasteiger partial charge in [0.25, 0.3) is 0 Å². The van der Waals surface area contributed by atoms with Crippen molar-refractivity contribution >= 4 is 21.9 Å². The summed E-state index contributed by atoms with van der Waals surface area (Å²) in [4.78, 5) is 10.5. The van der Waals surface area contributed by atoms with Crippen molar-refractivity contribution < 1.29 is 9.90 Å². The van der Waals surface area contributed by atoms with Gasteiger partial charge in [0.05, 0.1) is 0 Å². The molecule has 1 atom stereocenters. The smallest absolute Gasteiger partial charge is 0.303 e. The van der Waals surface area contributed by atoms with Gasteiger partial charge >= 0.3 is 5.97 Å². The molecular formula is C12H16BrNO2. The molecule has 4 heteroatoms. The molecule has 0 aliphatic rings. The van der Waals surface area contributed by atoms with E-state index in [1.807, 2.05) is 18.2 Å². The Bertz CT molecular complexity index is 379. The lowest BCUT2D eigenvalue weighted by Crippen LogP contribution is -2.12. The van der Waals surface area contributed by atoms with Crippen molar-refractivity contribution in [2.24, 2.45) is 5.73 Å². The van der Waals surface area contributed by atoms with Gasteiger partial charge in [0.1, 0.15) is 0 Å². The second-order valence-corrected chi connectivity index (χ2v) is 4.70. The fraction of sp³-hybridized carbons (Fsp3) is 0.417. The van der Waals surface area contributed by atoms with Crippen LogP contribution in [0.3, 0.4) is 0 Å². The van der Waals surface area contributed by atoms with E-state index in [4.69, 9.17) is 10.8 Å². The molecule has 0 bridgehead atoms. The van der Waals surface area contributed by atoms with E-state index in [0.717, 1.165) is 16.5 Å². The fourth-order valence-corrected chi connectivity index (χ4v) is 2.10. The van der Waals surface area contributed by atoms with Crippen LogP contribution in [-0.4, -0.2) is 11.1 Å². The predicted octanol–water partition coefficient (Wildman–Crippen LogP) is 2.88. The molecule has 0 aliphatic carbocycles. The molecule has 1 rings (SSSR count). The van der Waals surface area contributed by atoms with E-state index in [9.17, 15) is 4.79 Å². The number of aliphatic carboxylic acids is 1. The number of hydrogen-bond acceptors (Lipinski definition) is 2. The minimum Gasteiger partial charge on any atom is -0.481 e. The van der Waals surface area contributed by atoms with Crippen LogP contribution in [0.4, 0.5) is 0 Å². The van der Waals surface area contributed by atoms with Gasteiger partial charge in [0.2, 0.25) is 0 Å².